The van der Waals surface area contributed by atoms with E-state index >= 15 is 0 Å². The van der Waals surface area contributed by atoms with Gasteiger partial charge in [-0.25, -0.2) is 18.9 Å². The number of nitrogens with one attached hydrogen (secondary N) is 3. The molecule has 0 saturated carbocycles. The first-order valence-corrected chi connectivity index (χ1v) is 9.76. The Kier molecular flexibility index (Phi) is 6.58. The van der Waals surface area contributed by atoms with E-state index in [1.807, 2.05) is 6.92 Å². The lowest BCUT2D eigenvalue weighted by Crippen LogP contribution is -2.31. The fraction of sp³-hybridized carbons (Fsp3) is 0.400. The number of hydrogen-bond donors (Lipinski definition) is 3. The second-order valence-electron chi connectivity index (χ2n) is 6.86. The van der Waals surface area contributed by atoms with Crippen LogP contribution in [0.5, 0.6) is 0 Å². The lowest BCUT2D eigenvalue weighted by Gasteiger charge is -2.18. The van der Waals surface area contributed by atoms with Gasteiger partial charge < -0.3 is 16.0 Å². The van der Waals surface area contributed by atoms with Gasteiger partial charge in [0.05, 0.1) is 17.4 Å². The summed E-state index contributed by atoms with van der Waals surface area (Å²) in [5, 5.41) is 13.2. The molecule has 0 spiro atoms. The van der Waals surface area contributed by atoms with Gasteiger partial charge in [0, 0.05) is 37.1 Å². The van der Waals surface area contributed by atoms with Gasteiger partial charge in [0.15, 0.2) is 5.65 Å². The number of carbonyl (C=O) groups excluding carboxylic acids is 1. The average molecular weight is 399 g/mol. The molecular formula is C20H26FN7O. The quantitative estimate of drug-likeness (QED) is 0.509. The molecule has 0 aromatic carbocycles. The third-order valence-electron chi connectivity index (χ3n) is 4.60. The van der Waals surface area contributed by atoms with Crippen molar-refractivity contribution in [2.45, 2.75) is 45.8 Å². The Morgan fingerprint density at radius 1 is 1.24 bits per heavy atom. The standard InChI is InChI=1S/C20H26FN7O/c1-4-13(3)25-16-10-18(22-12-15(16)20(29)23-11-14(21)5-2)26-17-7-9-28-19(27-17)6-8-24-28/h6-10,12-14H,4-5,11H2,1-3H3,(H,23,29)(H2,22,25,26,27)/t13?,14-/m0/s1. The number of nitrogens with zero attached hydrogens (tertiary/aromatic N) is 4. The van der Waals surface area contributed by atoms with Crippen molar-refractivity contribution in [1.82, 2.24) is 24.9 Å². The summed E-state index contributed by atoms with van der Waals surface area (Å²) in [5.74, 6) is 0.797. The fourth-order valence-corrected chi connectivity index (χ4v) is 2.65. The second kappa shape index (κ2) is 9.31. The summed E-state index contributed by atoms with van der Waals surface area (Å²) in [7, 11) is 0. The van der Waals surface area contributed by atoms with Gasteiger partial charge in [0.1, 0.15) is 17.8 Å². The van der Waals surface area contributed by atoms with E-state index in [2.05, 4.69) is 37.9 Å². The first-order chi connectivity index (χ1) is 14.0. The molecule has 29 heavy (non-hydrogen) atoms. The van der Waals surface area contributed by atoms with Gasteiger partial charge in [-0.2, -0.15) is 5.10 Å². The van der Waals surface area contributed by atoms with Crippen LogP contribution in [-0.2, 0) is 0 Å². The van der Waals surface area contributed by atoms with Gasteiger partial charge >= 0.3 is 0 Å². The van der Waals surface area contributed by atoms with Gasteiger partial charge in [-0.1, -0.05) is 13.8 Å². The molecular weight excluding hydrogens is 373 g/mol. The smallest absolute Gasteiger partial charge is 0.255 e. The van der Waals surface area contributed by atoms with Crippen LogP contribution in [-0.4, -0.2) is 44.2 Å². The highest BCUT2D eigenvalue weighted by atomic mass is 19.1. The molecule has 1 unspecified atom stereocenters. The molecule has 3 heterocycles. The van der Waals surface area contributed by atoms with Crippen LogP contribution in [0.4, 0.5) is 21.7 Å². The van der Waals surface area contributed by atoms with E-state index in [0.29, 0.717) is 35.0 Å². The Bertz CT molecular complexity index is 974. The number of aromatic nitrogens is 4. The summed E-state index contributed by atoms with van der Waals surface area (Å²) in [6.45, 7) is 5.80. The number of pyridine rings is 1. The molecule has 9 heteroatoms. The van der Waals surface area contributed by atoms with Crippen molar-refractivity contribution in [3.63, 3.8) is 0 Å². The highest BCUT2D eigenvalue weighted by molar-refractivity contribution is 5.99. The molecule has 154 valence electrons. The number of alkyl halides is 1. The lowest BCUT2D eigenvalue weighted by molar-refractivity contribution is 0.0941. The zero-order chi connectivity index (χ0) is 20.8. The van der Waals surface area contributed by atoms with Crippen molar-refractivity contribution in [2.24, 2.45) is 0 Å². The number of amides is 1. The van der Waals surface area contributed by atoms with Crippen molar-refractivity contribution >= 4 is 28.9 Å². The van der Waals surface area contributed by atoms with Gasteiger partial charge in [-0.3, -0.25) is 4.79 Å². The third kappa shape index (κ3) is 5.18. The maximum atomic E-state index is 13.5. The number of rotatable bonds is 9. The normalized spacial score (nSPS) is 13.1. The van der Waals surface area contributed by atoms with Gasteiger partial charge in [0.2, 0.25) is 0 Å². The van der Waals surface area contributed by atoms with Gasteiger partial charge in [0.25, 0.3) is 5.91 Å². The molecule has 0 bridgehead atoms. The molecule has 3 rings (SSSR count). The summed E-state index contributed by atoms with van der Waals surface area (Å²) in [4.78, 5) is 21.3. The molecule has 0 fully saturated rings. The number of fused-ring (bicyclic) bond motifs is 1. The predicted molar refractivity (Wildman–Crippen MR) is 111 cm³/mol. The summed E-state index contributed by atoms with van der Waals surface area (Å²) < 4.78 is 15.2. The molecule has 0 radical (unpaired) electrons. The van der Waals surface area contributed by atoms with E-state index in [9.17, 15) is 9.18 Å². The van der Waals surface area contributed by atoms with E-state index in [-0.39, 0.29) is 18.5 Å². The molecule has 2 atom stereocenters. The zero-order valence-corrected chi connectivity index (χ0v) is 16.8. The molecule has 0 aliphatic rings. The van der Waals surface area contributed by atoms with Crippen LogP contribution >= 0.6 is 0 Å². The summed E-state index contributed by atoms with van der Waals surface area (Å²) in [5.41, 5.74) is 1.71. The SMILES string of the molecule is CCC(C)Nc1cc(Nc2ccn3nccc3n2)ncc1C(=O)NC[C@@H](F)CC. The van der Waals surface area contributed by atoms with E-state index in [0.717, 1.165) is 6.42 Å². The molecule has 0 aliphatic carbocycles. The maximum Gasteiger partial charge on any atom is 0.255 e. The highest BCUT2D eigenvalue weighted by Gasteiger charge is 2.16. The van der Waals surface area contributed by atoms with Crippen LogP contribution in [0.3, 0.4) is 0 Å². The molecule has 0 saturated heterocycles. The second-order valence-corrected chi connectivity index (χ2v) is 6.86. The molecule has 1 amide bonds. The Balaban J connectivity index is 1.82. The summed E-state index contributed by atoms with van der Waals surface area (Å²) >= 11 is 0. The maximum absolute atomic E-state index is 13.5. The molecule has 8 nitrogen and oxygen atoms in total. The van der Waals surface area contributed by atoms with Crippen molar-refractivity contribution in [2.75, 3.05) is 17.2 Å². The van der Waals surface area contributed by atoms with E-state index in [4.69, 9.17) is 0 Å². The van der Waals surface area contributed by atoms with Crippen LogP contribution < -0.4 is 16.0 Å². The zero-order valence-electron chi connectivity index (χ0n) is 16.8. The minimum atomic E-state index is -1.07. The number of halogens is 1. The summed E-state index contributed by atoms with van der Waals surface area (Å²) in [6, 6.07) is 5.51. The molecule has 3 N–H and O–H groups in total. The predicted octanol–water partition coefficient (Wildman–Crippen LogP) is 3.56. The average Bonchev–Trinajstić information content (AvgIpc) is 3.19. The van der Waals surface area contributed by atoms with Crippen molar-refractivity contribution in [1.29, 1.82) is 0 Å². The van der Waals surface area contributed by atoms with Gasteiger partial charge in [-0.05, 0) is 25.8 Å². The number of hydrogen-bond acceptors (Lipinski definition) is 6. The third-order valence-corrected chi connectivity index (χ3v) is 4.60. The van der Waals surface area contributed by atoms with Crippen molar-refractivity contribution in [3.8, 4) is 0 Å². The minimum absolute atomic E-state index is 0.0204. The Morgan fingerprint density at radius 2 is 2.07 bits per heavy atom. The largest absolute Gasteiger partial charge is 0.382 e. The Hall–Kier alpha value is -3.23. The minimum Gasteiger partial charge on any atom is -0.382 e. The number of anilines is 3. The van der Waals surface area contributed by atoms with Crippen LogP contribution in [0.25, 0.3) is 5.65 Å². The van der Waals surface area contributed by atoms with Crippen LogP contribution in [0.2, 0.25) is 0 Å². The van der Waals surface area contributed by atoms with E-state index in [1.165, 1.54) is 6.20 Å². The first-order valence-electron chi connectivity index (χ1n) is 9.76. The van der Waals surface area contributed by atoms with Crippen LogP contribution in [0.1, 0.15) is 44.0 Å². The van der Waals surface area contributed by atoms with Gasteiger partial charge in [-0.15, -0.1) is 0 Å². The van der Waals surface area contributed by atoms with Crippen LogP contribution in [0, 0.1) is 0 Å². The number of carbonyl (C=O) groups is 1. The monoisotopic (exact) mass is 399 g/mol. The van der Waals surface area contributed by atoms with Crippen molar-refractivity contribution in [3.05, 3.63) is 42.4 Å². The molecule has 3 aromatic rings. The highest BCUT2D eigenvalue weighted by Crippen LogP contribution is 2.22. The van der Waals surface area contributed by atoms with Crippen molar-refractivity contribution < 1.29 is 9.18 Å². The fourth-order valence-electron chi connectivity index (χ4n) is 2.65. The Labute approximate surface area is 168 Å². The Morgan fingerprint density at radius 3 is 2.83 bits per heavy atom. The molecule has 0 aliphatic heterocycles. The topological polar surface area (TPSA) is 96.2 Å². The van der Waals surface area contributed by atoms with Crippen LogP contribution in [0.15, 0.2) is 36.8 Å². The van der Waals surface area contributed by atoms with E-state index in [1.54, 1.807) is 42.0 Å². The summed E-state index contributed by atoms with van der Waals surface area (Å²) in [6.07, 6.45) is 5.13. The first kappa shape index (κ1) is 20.5. The molecule has 3 aromatic heterocycles. The lowest BCUT2D eigenvalue weighted by atomic mass is 10.1. The van der Waals surface area contributed by atoms with E-state index < -0.39 is 6.17 Å².